The van der Waals surface area contributed by atoms with Gasteiger partial charge in [0.05, 0.1) is 71.8 Å². The molecule has 0 bridgehead atoms. The SMILES string of the molecule is C[C@@H](O)c1ccc(CCOc2ccc(C[C@@H]3SC(=O)NC3=O)cc2)nc1.C[C@@H](O)c1ccc(CCOc2ccc(C[C@H]3SC(=O)NC3=O)cc2)nc1.C[C@H](O)c1ccc(CCOc2ccc(C[C@@H]3SC(=O)NC3=O)cc2)nc1.C[C@H](O)c1ccc(CCOc2ccc(C[C@H]3SC(=O)NC3=O)cc2)nc1. The van der Waals surface area contributed by atoms with Crippen molar-refractivity contribution in [2.45, 2.75) is 124 Å². The molecule has 8 N–H and O–H groups in total. The minimum absolute atomic E-state index is 0.227. The Labute approximate surface area is 618 Å². The minimum Gasteiger partial charge on any atom is -0.493 e. The summed E-state index contributed by atoms with van der Waals surface area (Å²) in [4.78, 5) is 108. The topological polar surface area (TPSA) is 354 Å². The zero-order chi connectivity index (χ0) is 74.1. The summed E-state index contributed by atoms with van der Waals surface area (Å²) in [5.74, 6) is 2.07. The summed E-state index contributed by atoms with van der Waals surface area (Å²) in [5.41, 5.74) is 10.7. The van der Waals surface area contributed by atoms with E-state index in [1.165, 1.54) is 0 Å². The highest BCUT2D eigenvalue weighted by Gasteiger charge is 2.34. The van der Waals surface area contributed by atoms with Gasteiger partial charge in [0.25, 0.3) is 21.0 Å². The highest BCUT2D eigenvalue weighted by molar-refractivity contribution is 8.16. The van der Waals surface area contributed by atoms with Crippen LogP contribution >= 0.6 is 47.0 Å². The van der Waals surface area contributed by atoms with Gasteiger partial charge in [-0.3, -0.25) is 79.6 Å². The second kappa shape index (κ2) is 39.4. The van der Waals surface area contributed by atoms with Gasteiger partial charge in [0, 0.05) is 73.2 Å². The number of thioether (sulfide) groups is 4. The van der Waals surface area contributed by atoms with Crippen molar-refractivity contribution in [3.63, 3.8) is 0 Å². The van der Waals surface area contributed by atoms with Crippen molar-refractivity contribution in [1.29, 1.82) is 0 Å². The number of aromatic nitrogens is 4. The normalized spacial score (nSPS) is 17.8. The van der Waals surface area contributed by atoms with Crippen LogP contribution in [0, 0.1) is 0 Å². The number of hydrogen-bond acceptors (Lipinski definition) is 24. The van der Waals surface area contributed by atoms with Gasteiger partial charge in [0.1, 0.15) is 23.0 Å². The lowest BCUT2D eigenvalue weighted by atomic mass is 10.1. The first-order valence-corrected chi connectivity index (χ1v) is 37.0. The minimum atomic E-state index is -0.516. The number of nitrogens with zero attached hydrogens (tertiary/aromatic N) is 4. The molecule has 4 aromatic heterocycles. The smallest absolute Gasteiger partial charge is 0.286 e. The molecule has 0 unspecified atom stereocenters. The molecule has 0 spiro atoms. The fourth-order valence-corrected chi connectivity index (χ4v) is 13.7. The first-order chi connectivity index (χ1) is 50.0. The molecule has 104 heavy (non-hydrogen) atoms. The molecular weight excluding hydrogens is 1410 g/mol. The van der Waals surface area contributed by atoms with Crippen LogP contribution in [0.4, 0.5) is 19.2 Å². The molecule has 8 amide bonds. The lowest BCUT2D eigenvalue weighted by molar-refractivity contribution is -0.119. The van der Waals surface area contributed by atoms with Crippen LogP contribution in [0.1, 0.15) is 119 Å². The first-order valence-electron chi connectivity index (χ1n) is 33.5. The summed E-state index contributed by atoms with van der Waals surface area (Å²) >= 11 is 4.13. The van der Waals surface area contributed by atoms with Gasteiger partial charge in [-0.25, -0.2) is 0 Å². The number of carbonyl (C=O) groups is 8. The summed E-state index contributed by atoms with van der Waals surface area (Å²) in [6, 6.07) is 45.1. The van der Waals surface area contributed by atoms with Crippen LogP contribution in [0.5, 0.6) is 23.0 Å². The molecule has 28 heteroatoms. The standard InChI is InChI=1S/4C19H20N2O4S/c4*1-12(22)14-4-5-15(20-11-14)8-9-25-16-6-2-13(3-7-16)10-17-18(23)21-19(24)26-17/h4*2-7,11-12,17,22H,8-10H2,1H3,(H,21,23,24)/t2*12-,17+;2*12-,17-/m1010/s1. The number of hydrogen-bond donors (Lipinski definition) is 8. The molecule has 4 aromatic carbocycles. The zero-order valence-corrected chi connectivity index (χ0v) is 60.6. The number of pyridine rings is 4. The van der Waals surface area contributed by atoms with E-state index in [4.69, 9.17) is 18.9 Å². The number of amides is 8. The van der Waals surface area contributed by atoms with Crippen LogP contribution in [-0.2, 0) is 70.5 Å². The van der Waals surface area contributed by atoms with Crippen molar-refractivity contribution in [2.24, 2.45) is 0 Å². The molecule has 544 valence electrons. The summed E-state index contributed by atoms with van der Waals surface area (Å²) in [5, 5.41) is 44.5. The average molecular weight is 1490 g/mol. The van der Waals surface area contributed by atoms with Crippen LogP contribution in [0.3, 0.4) is 0 Å². The molecule has 0 radical (unpaired) electrons. The zero-order valence-electron chi connectivity index (χ0n) is 57.4. The van der Waals surface area contributed by atoms with Crippen molar-refractivity contribution in [3.05, 3.63) is 238 Å². The van der Waals surface area contributed by atoms with Gasteiger partial charge in [-0.1, -0.05) is 120 Å². The Morgan fingerprint density at radius 1 is 0.308 bits per heavy atom. The highest BCUT2D eigenvalue weighted by Crippen LogP contribution is 2.29. The Kier molecular flexibility index (Phi) is 29.8. The molecule has 8 heterocycles. The summed E-state index contributed by atoms with van der Waals surface area (Å²) in [6.45, 7) is 8.81. The molecule has 4 fully saturated rings. The second-order valence-corrected chi connectivity index (χ2v) is 29.1. The van der Waals surface area contributed by atoms with Gasteiger partial charge in [-0.15, -0.1) is 0 Å². The van der Waals surface area contributed by atoms with Gasteiger partial charge in [-0.05, 0) is 171 Å². The van der Waals surface area contributed by atoms with Gasteiger partial charge in [0.15, 0.2) is 0 Å². The first kappa shape index (κ1) is 78.6. The van der Waals surface area contributed by atoms with E-state index in [1.807, 2.05) is 146 Å². The molecule has 4 saturated heterocycles. The molecule has 12 rings (SSSR count). The Balaban J connectivity index is 0.000000161. The summed E-state index contributed by atoms with van der Waals surface area (Å²) in [7, 11) is 0. The number of aliphatic hydroxyl groups excluding tert-OH is 4. The van der Waals surface area contributed by atoms with Crippen molar-refractivity contribution in [3.8, 4) is 23.0 Å². The van der Waals surface area contributed by atoms with Crippen LogP contribution in [0.2, 0.25) is 0 Å². The fourth-order valence-electron chi connectivity index (χ4n) is 10.3. The fraction of sp³-hybridized carbons (Fsp3) is 0.316. The van der Waals surface area contributed by atoms with Gasteiger partial charge in [0.2, 0.25) is 23.6 Å². The van der Waals surface area contributed by atoms with E-state index in [0.717, 1.165) is 137 Å². The predicted molar refractivity (Wildman–Crippen MR) is 397 cm³/mol. The lowest BCUT2D eigenvalue weighted by Crippen LogP contribution is -2.25. The maximum Gasteiger partial charge on any atom is 0.286 e. The average Bonchev–Trinajstić information content (AvgIpc) is 1.67. The Morgan fingerprint density at radius 2 is 0.500 bits per heavy atom. The number of benzene rings is 4. The number of imide groups is 4. The van der Waals surface area contributed by atoms with E-state index in [0.29, 0.717) is 77.8 Å². The van der Waals surface area contributed by atoms with Gasteiger partial charge >= 0.3 is 0 Å². The van der Waals surface area contributed by atoms with Crippen molar-refractivity contribution < 1.29 is 77.7 Å². The number of ether oxygens (including phenoxy) is 4. The van der Waals surface area contributed by atoms with Gasteiger partial charge < -0.3 is 39.4 Å². The monoisotopic (exact) mass is 1490 g/mol. The highest BCUT2D eigenvalue weighted by atomic mass is 32.2. The van der Waals surface area contributed by atoms with E-state index in [2.05, 4.69) is 41.2 Å². The van der Waals surface area contributed by atoms with Crippen LogP contribution in [0.25, 0.3) is 0 Å². The largest absolute Gasteiger partial charge is 0.493 e. The molecule has 4 aliphatic rings. The van der Waals surface area contributed by atoms with E-state index >= 15 is 0 Å². The molecule has 24 nitrogen and oxygen atoms in total. The number of aliphatic hydroxyl groups is 4. The second-order valence-electron chi connectivity index (χ2n) is 24.4. The third-order valence-corrected chi connectivity index (χ3v) is 20.2. The quantitative estimate of drug-likeness (QED) is 0.0226. The van der Waals surface area contributed by atoms with E-state index < -0.39 is 24.4 Å². The van der Waals surface area contributed by atoms with Crippen molar-refractivity contribution >= 4 is 91.6 Å². The molecule has 8 atom stereocenters. The van der Waals surface area contributed by atoms with Crippen LogP contribution in [-0.4, -0.2) is 132 Å². The van der Waals surface area contributed by atoms with Crippen molar-refractivity contribution in [2.75, 3.05) is 26.4 Å². The van der Waals surface area contributed by atoms with Gasteiger partial charge in [-0.2, -0.15) is 0 Å². The third kappa shape index (κ3) is 25.4. The summed E-state index contributed by atoms with van der Waals surface area (Å²) < 4.78 is 22.9. The summed E-state index contributed by atoms with van der Waals surface area (Å²) in [6.07, 6.45) is 9.39. The van der Waals surface area contributed by atoms with Crippen LogP contribution in [0.15, 0.2) is 170 Å². The molecule has 0 aliphatic carbocycles. The van der Waals surface area contributed by atoms with E-state index in [1.54, 1.807) is 52.5 Å². The number of nitrogens with one attached hydrogen (secondary N) is 4. The van der Waals surface area contributed by atoms with E-state index in [-0.39, 0.29) is 65.6 Å². The molecule has 4 aliphatic heterocycles. The third-order valence-electron chi connectivity index (χ3n) is 16.3. The lowest BCUT2D eigenvalue weighted by Gasteiger charge is -2.09. The van der Waals surface area contributed by atoms with Crippen LogP contribution < -0.4 is 40.2 Å². The Hall–Kier alpha value is -9.52. The molecule has 8 aromatic rings. The Morgan fingerprint density at radius 3 is 0.644 bits per heavy atom. The van der Waals surface area contributed by atoms with Crippen molar-refractivity contribution in [1.82, 2.24) is 41.2 Å². The maximum absolute atomic E-state index is 11.6. The van der Waals surface area contributed by atoms with E-state index in [9.17, 15) is 58.8 Å². The molecular formula is C76H80N8O16S4. The molecule has 0 saturated carbocycles. The maximum atomic E-state index is 11.6. The number of carbonyl (C=O) groups excluding carboxylic acids is 8. The Bertz CT molecular complexity index is 3640. The number of rotatable bonds is 28. The predicted octanol–water partition coefficient (Wildman–Crippen LogP) is 10.6.